The lowest BCUT2D eigenvalue weighted by Crippen LogP contribution is -2.51. The van der Waals surface area contributed by atoms with E-state index < -0.39 is 10.0 Å². The van der Waals surface area contributed by atoms with E-state index in [4.69, 9.17) is 16.3 Å². The van der Waals surface area contributed by atoms with E-state index in [0.717, 1.165) is 47.7 Å². The second-order valence-corrected chi connectivity index (χ2v) is 11.0. The second-order valence-electron chi connectivity index (χ2n) is 8.93. The topological polar surface area (TPSA) is 58.6 Å². The van der Waals surface area contributed by atoms with Gasteiger partial charge in [0.25, 0.3) is 0 Å². The lowest BCUT2D eigenvalue weighted by atomic mass is 9.80. The maximum absolute atomic E-state index is 13.2. The van der Waals surface area contributed by atoms with Gasteiger partial charge in [-0.3, -0.25) is 0 Å². The number of halogens is 1. The number of benzene rings is 3. The quantitative estimate of drug-likeness (QED) is 0.465. The van der Waals surface area contributed by atoms with E-state index in [2.05, 4.69) is 28.7 Å². The van der Waals surface area contributed by atoms with Crippen LogP contribution < -0.4 is 14.4 Å². The molecule has 1 N–H and O–H groups in total. The average molecular weight is 483 g/mol. The molecule has 0 amide bonds. The standard InChI is InChI=1S/C26H27ClN2O3S/c1-17-14-15-26(19(27)16-17)33(30,31)28-20-8-7-11-21(18(20)2)29-22-9-3-5-12-24(22)32-25-13-6-4-10-23(25)29/h3-6,9-10,12-16,18,20-21,28H,7-8,11H2,1-2H3/t18-,20+,21-/m0/s1. The van der Waals surface area contributed by atoms with Crippen LogP contribution in [0.4, 0.5) is 11.4 Å². The first-order valence-electron chi connectivity index (χ1n) is 11.3. The van der Waals surface area contributed by atoms with E-state index in [0.29, 0.717) is 0 Å². The van der Waals surface area contributed by atoms with Crippen LogP contribution in [0.15, 0.2) is 71.6 Å². The van der Waals surface area contributed by atoms with Crippen molar-refractivity contribution >= 4 is 33.0 Å². The Morgan fingerprint density at radius 2 is 1.61 bits per heavy atom. The van der Waals surface area contributed by atoms with Crippen LogP contribution in [0.2, 0.25) is 5.02 Å². The van der Waals surface area contributed by atoms with Crippen molar-refractivity contribution in [2.24, 2.45) is 5.92 Å². The van der Waals surface area contributed by atoms with Crippen LogP contribution in [0.5, 0.6) is 11.5 Å². The molecule has 0 spiro atoms. The minimum atomic E-state index is -3.74. The molecule has 5 rings (SSSR count). The van der Waals surface area contributed by atoms with Crippen LogP contribution in [0.1, 0.15) is 31.7 Å². The fourth-order valence-electron chi connectivity index (χ4n) is 5.05. The van der Waals surface area contributed by atoms with Gasteiger partial charge in [0, 0.05) is 12.1 Å². The van der Waals surface area contributed by atoms with Crippen LogP contribution in [0.25, 0.3) is 0 Å². The molecule has 2 aliphatic rings. The third-order valence-electron chi connectivity index (χ3n) is 6.74. The Morgan fingerprint density at radius 1 is 0.970 bits per heavy atom. The van der Waals surface area contributed by atoms with Gasteiger partial charge in [0.15, 0.2) is 11.5 Å². The molecule has 172 valence electrons. The predicted octanol–water partition coefficient (Wildman–Crippen LogP) is 6.43. The van der Waals surface area contributed by atoms with Crippen molar-refractivity contribution in [2.75, 3.05) is 4.90 Å². The molecule has 1 saturated carbocycles. The minimum Gasteiger partial charge on any atom is -0.453 e. The van der Waals surface area contributed by atoms with E-state index in [1.165, 1.54) is 0 Å². The molecule has 0 aromatic heterocycles. The van der Waals surface area contributed by atoms with Crippen LogP contribution in [0.3, 0.4) is 0 Å². The van der Waals surface area contributed by atoms with Crippen molar-refractivity contribution in [1.82, 2.24) is 4.72 Å². The lowest BCUT2D eigenvalue weighted by Gasteiger charge is -2.45. The summed E-state index contributed by atoms with van der Waals surface area (Å²) in [5.41, 5.74) is 2.95. The maximum Gasteiger partial charge on any atom is 0.242 e. The Balaban J connectivity index is 1.47. The summed E-state index contributed by atoms with van der Waals surface area (Å²) >= 11 is 6.29. The molecule has 1 aliphatic carbocycles. The highest BCUT2D eigenvalue weighted by Gasteiger charge is 2.39. The van der Waals surface area contributed by atoms with Gasteiger partial charge in [-0.2, -0.15) is 0 Å². The fourth-order valence-corrected chi connectivity index (χ4v) is 7.01. The zero-order valence-electron chi connectivity index (χ0n) is 18.7. The van der Waals surface area contributed by atoms with Gasteiger partial charge in [-0.05, 0) is 74.1 Å². The molecule has 7 heteroatoms. The molecule has 0 saturated heterocycles. The summed E-state index contributed by atoms with van der Waals surface area (Å²) < 4.78 is 35.6. The zero-order chi connectivity index (χ0) is 23.2. The van der Waals surface area contributed by atoms with E-state index in [9.17, 15) is 8.42 Å². The van der Waals surface area contributed by atoms with Crippen molar-refractivity contribution < 1.29 is 13.2 Å². The van der Waals surface area contributed by atoms with Crippen molar-refractivity contribution in [3.63, 3.8) is 0 Å². The second kappa shape index (κ2) is 8.67. The molecule has 0 bridgehead atoms. The number of rotatable bonds is 4. The largest absolute Gasteiger partial charge is 0.453 e. The number of para-hydroxylation sites is 4. The summed E-state index contributed by atoms with van der Waals surface area (Å²) in [4.78, 5) is 2.46. The van der Waals surface area contributed by atoms with Crippen LogP contribution in [-0.4, -0.2) is 20.5 Å². The van der Waals surface area contributed by atoms with E-state index in [1.54, 1.807) is 18.2 Å². The number of hydrogen-bond donors (Lipinski definition) is 1. The molecular formula is C26H27ClN2O3S. The summed E-state index contributed by atoms with van der Waals surface area (Å²) in [6, 6.07) is 21.0. The molecule has 3 aromatic rings. The van der Waals surface area contributed by atoms with Gasteiger partial charge in [-0.15, -0.1) is 0 Å². The monoisotopic (exact) mass is 482 g/mol. The Morgan fingerprint density at radius 3 is 2.24 bits per heavy atom. The normalized spacial score (nSPS) is 22.3. The first-order valence-corrected chi connectivity index (χ1v) is 13.1. The van der Waals surface area contributed by atoms with Crippen molar-refractivity contribution in [3.05, 3.63) is 77.3 Å². The van der Waals surface area contributed by atoms with Crippen molar-refractivity contribution in [1.29, 1.82) is 0 Å². The van der Waals surface area contributed by atoms with Gasteiger partial charge in [0.2, 0.25) is 10.0 Å². The van der Waals surface area contributed by atoms with Gasteiger partial charge in [-0.1, -0.05) is 48.9 Å². The van der Waals surface area contributed by atoms with Gasteiger partial charge in [0.1, 0.15) is 4.90 Å². The molecular weight excluding hydrogens is 456 g/mol. The van der Waals surface area contributed by atoms with E-state index >= 15 is 0 Å². The van der Waals surface area contributed by atoms with Crippen molar-refractivity contribution in [2.45, 2.75) is 50.1 Å². The lowest BCUT2D eigenvalue weighted by molar-refractivity contribution is 0.266. The highest BCUT2D eigenvalue weighted by molar-refractivity contribution is 7.89. The summed E-state index contributed by atoms with van der Waals surface area (Å²) in [6.45, 7) is 4.02. The Hall–Kier alpha value is -2.54. The number of nitrogens with zero attached hydrogens (tertiary/aromatic N) is 1. The van der Waals surface area contributed by atoms with Gasteiger partial charge in [0.05, 0.1) is 16.4 Å². The molecule has 3 atom stereocenters. The van der Waals surface area contributed by atoms with Gasteiger partial charge < -0.3 is 9.64 Å². The highest BCUT2D eigenvalue weighted by atomic mass is 35.5. The summed E-state index contributed by atoms with van der Waals surface area (Å²) in [5, 5.41) is 0.249. The van der Waals surface area contributed by atoms with Gasteiger partial charge in [-0.25, -0.2) is 13.1 Å². The van der Waals surface area contributed by atoms with Crippen LogP contribution in [-0.2, 0) is 10.0 Å². The molecule has 5 nitrogen and oxygen atoms in total. The summed E-state index contributed by atoms with van der Waals surface area (Å²) in [7, 11) is -3.74. The molecule has 3 aromatic carbocycles. The number of aryl methyl sites for hydroxylation is 1. The zero-order valence-corrected chi connectivity index (χ0v) is 20.2. The maximum atomic E-state index is 13.2. The number of hydrogen-bond acceptors (Lipinski definition) is 4. The highest BCUT2D eigenvalue weighted by Crippen LogP contribution is 2.49. The molecule has 1 aliphatic heterocycles. The van der Waals surface area contributed by atoms with Gasteiger partial charge >= 0.3 is 0 Å². The molecule has 1 heterocycles. The average Bonchev–Trinajstić information content (AvgIpc) is 2.79. The van der Waals surface area contributed by atoms with E-state index in [1.807, 2.05) is 43.3 Å². The Kier molecular flexibility index (Phi) is 5.85. The molecule has 33 heavy (non-hydrogen) atoms. The van der Waals surface area contributed by atoms with Crippen LogP contribution in [0, 0.1) is 12.8 Å². The molecule has 1 fully saturated rings. The number of anilines is 2. The third-order valence-corrected chi connectivity index (χ3v) is 8.71. The predicted molar refractivity (Wildman–Crippen MR) is 132 cm³/mol. The molecule has 0 radical (unpaired) electrons. The number of ether oxygens (including phenoxy) is 1. The first-order chi connectivity index (χ1) is 15.8. The Labute approximate surface area is 200 Å². The minimum absolute atomic E-state index is 0.0666. The first kappa shape index (κ1) is 22.3. The fraction of sp³-hybridized carbons (Fsp3) is 0.308. The summed E-state index contributed by atoms with van der Waals surface area (Å²) in [5.74, 6) is 1.70. The summed E-state index contributed by atoms with van der Waals surface area (Å²) in [6.07, 6.45) is 2.67. The number of nitrogens with one attached hydrogen (secondary N) is 1. The smallest absolute Gasteiger partial charge is 0.242 e. The number of sulfonamides is 1. The third kappa shape index (κ3) is 4.12. The van der Waals surface area contributed by atoms with Crippen molar-refractivity contribution in [3.8, 4) is 11.5 Å². The SMILES string of the molecule is Cc1ccc(S(=O)(=O)N[C@@H]2CCC[C@H](N3c4ccccc4Oc4ccccc43)[C@H]2C)c(Cl)c1. The Bertz CT molecular complexity index is 1250. The molecule has 0 unspecified atom stereocenters. The van der Waals surface area contributed by atoms with Crippen LogP contribution >= 0.6 is 11.6 Å². The van der Waals surface area contributed by atoms with E-state index in [-0.39, 0.29) is 27.9 Å². The number of fused-ring (bicyclic) bond motifs is 2.